The van der Waals surface area contributed by atoms with Crippen LogP contribution in [-0.4, -0.2) is 5.78 Å². The summed E-state index contributed by atoms with van der Waals surface area (Å²) in [7, 11) is 0. The summed E-state index contributed by atoms with van der Waals surface area (Å²) in [4.78, 5) is 11.4. The highest BCUT2D eigenvalue weighted by Gasteiger charge is 2.52. The molecule has 3 atom stereocenters. The minimum atomic E-state index is 0.344. The number of carbonyl (C=O) groups is 1. The van der Waals surface area contributed by atoms with Gasteiger partial charge in [-0.3, -0.25) is 4.79 Å². The zero-order chi connectivity index (χ0) is 8.01. The van der Waals surface area contributed by atoms with Crippen molar-refractivity contribution in [1.29, 1.82) is 0 Å². The fourth-order valence-electron chi connectivity index (χ4n) is 2.25. The molecule has 0 unspecified atom stereocenters. The van der Waals surface area contributed by atoms with E-state index < -0.39 is 0 Å². The smallest absolute Gasteiger partial charge is 0.139 e. The minimum absolute atomic E-state index is 0.344. The first-order valence-electron chi connectivity index (χ1n) is 4.36. The standard InChI is InChI=1S/C10H14O/c1-6(2)3-8-4-7-5-9(7)10(8)11/h7-9H,1,3-5H2,2H3/t7-,8+,9+/m1/s1. The van der Waals surface area contributed by atoms with E-state index in [2.05, 4.69) is 6.58 Å². The fourth-order valence-corrected chi connectivity index (χ4v) is 2.25. The second-order valence-corrected chi connectivity index (χ2v) is 4.10. The normalized spacial score (nSPS) is 40.5. The van der Waals surface area contributed by atoms with Gasteiger partial charge in [0.1, 0.15) is 5.78 Å². The number of carbonyl (C=O) groups excluding carboxylic acids is 1. The van der Waals surface area contributed by atoms with Crippen LogP contribution in [0.1, 0.15) is 26.2 Å². The Morgan fingerprint density at radius 1 is 1.64 bits per heavy atom. The van der Waals surface area contributed by atoms with Gasteiger partial charge in [0.05, 0.1) is 0 Å². The maximum absolute atomic E-state index is 11.4. The number of rotatable bonds is 2. The number of Topliss-reactive ketones (excluding diaryl/α,β-unsaturated/α-hetero) is 1. The van der Waals surface area contributed by atoms with Crippen molar-refractivity contribution in [1.82, 2.24) is 0 Å². The van der Waals surface area contributed by atoms with Gasteiger partial charge in [-0.2, -0.15) is 0 Å². The van der Waals surface area contributed by atoms with Gasteiger partial charge < -0.3 is 0 Å². The van der Waals surface area contributed by atoms with Crippen LogP contribution in [0.25, 0.3) is 0 Å². The zero-order valence-corrected chi connectivity index (χ0v) is 6.97. The predicted molar refractivity (Wildman–Crippen MR) is 44.1 cm³/mol. The van der Waals surface area contributed by atoms with Crippen LogP contribution in [0.5, 0.6) is 0 Å². The van der Waals surface area contributed by atoms with Gasteiger partial charge >= 0.3 is 0 Å². The highest BCUT2D eigenvalue weighted by Crippen LogP contribution is 2.53. The first-order chi connectivity index (χ1) is 5.18. The lowest BCUT2D eigenvalue weighted by atomic mass is 9.95. The number of hydrogen-bond donors (Lipinski definition) is 0. The molecular weight excluding hydrogens is 136 g/mol. The Balaban J connectivity index is 1.96. The molecule has 0 aromatic heterocycles. The summed E-state index contributed by atoms with van der Waals surface area (Å²) in [6.07, 6.45) is 3.27. The lowest BCUT2D eigenvalue weighted by Gasteiger charge is -2.08. The average molecular weight is 150 g/mol. The van der Waals surface area contributed by atoms with E-state index in [-0.39, 0.29) is 0 Å². The van der Waals surface area contributed by atoms with Crippen molar-refractivity contribution in [3.8, 4) is 0 Å². The van der Waals surface area contributed by atoms with Crippen molar-refractivity contribution < 1.29 is 4.79 Å². The van der Waals surface area contributed by atoms with Crippen LogP contribution in [0.4, 0.5) is 0 Å². The van der Waals surface area contributed by atoms with E-state index in [1.54, 1.807) is 0 Å². The predicted octanol–water partition coefficient (Wildman–Crippen LogP) is 2.18. The van der Waals surface area contributed by atoms with Crippen LogP contribution in [0, 0.1) is 17.8 Å². The fraction of sp³-hybridized carbons (Fsp3) is 0.700. The van der Waals surface area contributed by atoms with Crippen LogP contribution >= 0.6 is 0 Å². The Labute approximate surface area is 67.5 Å². The van der Waals surface area contributed by atoms with Gasteiger partial charge in [-0.15, -0.1) is 6.58 Å². The molecule has 0 aromatic carbocycles. The molecule has 60 valence electrons. The molecular formula is C10H14O. The SMILES string of the molecule is C=C(C)C[C@H]1C[C@@H]2C[C@@H]2C1=O. The summed E-state index contributed by atoms with van der Waals surface area (Å²) in [6, 6.07) is 0. The van der Waals surface area contributed by atoms with Crippen molar-refractivity contribution in [3.05, 3.63) is 12.2 Å². The first-order valence-corrected chi connectivity index (χ1v) is 4.36. The Hall–Kier alpha value is -0.590. The molecule has 2 fully saturated rings. The average Bonchev–Trinajstić information content (AvgIpc) is 2.58. The highest BCUT2D eigenvalue weighted by atomic mass is 16.1. The summed E-state index contributed by atoms with van der Waals surface area (Å²) in [5, 5.41) is 0. The van der Waals surface area contributed by atoms with E-state index >= 15 is 0 Å². The topological polar surface area (TPSA) is 17.1 Å². The molecule has 1 nitrogen and oxygen atoms in total. The molecule has 2 aliphatic carbocycles. The third kappa shape index (κ3) is 1.13. The van der Waals surface area contributed by atoms with Gasteiger partial charge in [0.15, 0.2) is 0 Å². The maximum Gasteiger partial charge on any atom is 0.139 e. The molecule has 1 heteroatoms. The summed E-state index contributed by atoms with van der Waals surface area (Å²) in [5.74, 6) is 2.11. The molecule has 0 spiro atoms. The van der Waals surface area contributed by atoms with Crippen LogP contribution in [-0.2, 0) is 4.79 Å². The van der Waals surface area contributed by atoms with Crippen LogP contribution in [0.2, 0.25) is 0 Å². The second kappa shape index (κ2) is 2.20. The third-order valence-electron chi connectivity index (χ3n) is 2.87. The lowest BCUT2D eigenvalue weighted by Crippen LogP contribution is -2.10. The second-order valence-electron chi connectivity index (χ2n) is 4.10. The van der Waals surface area contributed by atoms with Crippen molar-refractivity contribution in [3.63, 3.8) is 0 Å². The van der Waals surface area contributed by atoms with Gasteiger partial charge in [-0.1, -0.05) is 5.57 Å². The van der Waals surface area contributed by atoms with Crippen molar-refractivity contribution in [2.75, 3.05) is 0 Å². The Morgan fingerprint density at radius 2 is 2.36 bits per heavy atom. The van der Waals surface area contributed by atoms with Gasteiger partial charge in [0.25, 0.3) is 0 Å². The quantitative estimate of drug-likeness (QED) is 0.551. The number of hydrogen-bond acceptors (Lipinski definition) is 1. The van der Waals surface area contributed by atoms with Crippen molar-refractivity contribution >= 4 is 5.78 Å². The number of allylic oxidation sites excluding steroid dienone is 1. The van der Waals surface area contributed by atoms with Crippen molar-refractivity contribution in [2.45, 2.75) is 26.2 Å². The minimum Gasteiger partial charge on any atom is -0.299 e. The molecule has 0 amide bonds. The molecule has 2 rings (SSSR count). The molecule has 2 aliphatic rings. The van der Waals surface area contributed by atoms with Crippen LogP contribution in [0.3, 0.4) is 0 Å². The monoisotopic (exact) mass is 150 g/mol. The van der Waals surface area contributed by atoms with E-state index in [4.69, 9.17) is 0 Å². The zero-order valence-electron chi connectivity index (χ0n) is 6.97. The highest BCUT2D eigenvalue weighted by molar-refractivity contribution is 5.88. The lowest BCUT2D eigenvalue weighted by molar-refractivity contribution is -0.122. The van der Waals surface area contributed by atoms with E-state index in [9.17, 15) is 4.79 Å². The molecule has 11 heavy (non-hydrogen) atoms. The molecule has 0 N–H and O–H groups in total. The Morgan fingerprint density at radius 3 is 2.82 bits per heavy atom. The van der Waals surface area contributed by atoms with E-state index in [0.29, 0.717) is 17.6 Å². The number of fused-ring (bicyclic) bond motifs is 1. The molecule has 0 aliphatic heterocycles. The Kier molecular flexibility index (Phi) is 1.41. The molecule has 0 aromatic rings. The van der Waals surface area contributed by atoms with Crippen LogP contribution < -0.4 is 0 Å². The summed E-state index contributed by atoms with van der Waals surface area (Å²) in [5.41, 5.74) is 1.16. The third-order valence-corrected chi connectivity index (χ3v) is 2.87. The van der Waals surface area contributed by atoms with E-state index in [1.807, 2.05) is 6.92 Å². The summed E-state index contributed by atoms with van der Waals surface area (Å²) < 4.78 is 0. The maximum atomic E-state index is 11.4. The number of ketones is 1. The summed E-state index contributed by atoms with van der Waals surface area (Å²) in [6.45, 7) is 5.85. The van der Waals surface area contributed by atoms with Crippen LogP contribution in [0.15, 0.2) is 12.2 Å². The van der Waals surface area contributed by atoms with Crippen molar-refractivity contribution in [2.24, 2.45) is 17.8 Å². The summed E-state index contributed by atoms with van der Waals surface area (Å²) >= 11 is 0. The molecule has 0 saturated heterocycles. The van der Waals surface area contributed by atoms with Gasteiger partial charge in [-0.25, -0.2) is 0 Å². The molecule has 0 bridgehead atoms. The molecule has 0 radical (unpaired) electrons. The van der Waals surface area contributed by atoms with Gasteiger partial charge in [0.2, 0.25) is 0 Å². The van der Waals surface area contributed by atoms with E-state index in [0.717, 1.165) is 24.3 Å². The Bertz CT molecular complexity index is 217. The van der Waals surface area contributed by atoms with E-state index in [1.165, 1.54) is 6.42 Å². The van der Waals surface area contributed by atoms with Gasteiger partial charge in [-0.05, 0) is 32.1 Å². The molecule has 2 saturated carbocycles. The largest absolute Gasteiger partial charge is 0.299 e. The first kappa shape index (κ1) is 7.08. The molecule has 0 heterocycles. The van der Waals surface area contributed by atoms with Gasteiger partial charge in [0, 0.05) is 11.8 Å².